The summed E-state index contributed by atoms with van der Waals surface area (Å²) in [6.07, 6.45) is 2.14. The third-order valence-corrected chi connectivity index (χ3v) is 2.02. The summed E-state index contributed by atoms with van der Waals surface area (Å²) in [5, 5.41) is 0. The monoisotopic (exact) mass is 147 g/mol. The summed E-state index contributed by atoms with van der Waals surface area (Å²) >= 11 is 1.89. The van der Waals surface area contributed by atoms with Crippen molar-refractivity contribution in [3.05, 3.63) is 0 Å². The normalized spacial score (nSPS) is 11.3. The minimum atomic E-state index is 0.697. The van der Waals surface area contributed by atoms with E-state index in [0.717, 1.165) is 5.88 Å². The summed E-state index contributed by atoms with van der Waals surface area (Å²) in [5.41, 5.74) is 0. The van der Waals surface area contributed by atoms with E-state index in [0.29, 0.717) is 6.04 Å². The van der Waals surface area contributed by atoms with Gasteiger partial charge in [0, 0.05) is 11.9 Å². The van der Waals surface area contributed by atoms with Crippen LogP contribution in [0.15, 0.2) is 0 Å². The van der Waals surface area contributed by atoms with Gasteiger partial charge in [0.05, 0.1) is 0 Å². The summed E-state index contributed by atoms with van der Waals surface area (Å²) in [4.78, 5) is 2.44. The third kappa shape index (κ3) is 3.82. The van der Waals surface area contributed by atoms with Gasteiger partial charge in [0.2, 0.25) is 0 Å². The molecule has 0 radical (unpaired) electrons. The lowest BCUT2D eigenvalue weighted by atomic mass is 10.3. The van der Waals surface area contributed by atoms with Crippen molar-refractivity contribution in [1.29, 1.82) is 0 Å². The van der Waals surface area contributed by atoms with E-state index in [9.17, 15) is 0 Å². The van der Waals surface area contributed by atoms with Crippen LogP contribution in [-0.4, -0.2) is 29.6 Å². The molecule has 0 aliphatic carbocycles. The van der Waals surface area contributed by atoms with Gasteiger partial charge in [-0.3, -0.25) is 4.90 Å². The van der Waals surface area contributed by atoms with Gasteiger partial charge in [-0.05, 0) is 26.6 Å². The lowest BCUT2D eigenvalue weighted by molar-refractivity contribution is 0.276. The van der Waals surface area contributed by atoms with E-state index in [-0.39, 0.29) is 0 Å². The minimum Gasteiger partial charge on any atom is -0.292 e. The maximum Gasteiger partial charge on any atom is 0.0444 e. The summed E-state index contributed by atoms with van der Waals surface area (Å²) in [5.74, 6) is 1.16. The van der Waals surface area contributed by atoms with Gasteiger partial charge in [-0.25, -0.2) is 0 Å². The molecule has 0 spiro atoms. The average Bonchev–Trinajstić information content (AvgIpc) is 1.82. The van der Waals surface area contributed by atoms with Crippen LogP contribution in [-0.2, 0) is 0 Å². The van der Waals surface area contributed by atoms with Crippen molar-refractivity contribution in [2.24, 2.45) is 0 Å². The predicted molar refractivity (Wildman–Crippen MR) is 45.9 cm³/mol. The van der Waals surface area contributed by atoms with Gasteiger partial charge in [-0.15, -0.1) is 11.8 Å². The second kappa shape index (κ2) is 5.12. The molecule has 0 atom stereocenters. The Bertz CT molecular complexity index is 63.9. The molecule has 56 valence electrons. The Hall–Kier alpha value is 0.310. The maximum atomic E-state index is 2.44. The molecule has 2 heteroatoms. The molecule has 0 saturated carbocycles. The Balaban J connectivity index is 3.41. The zero-order chi connectivity index (χ0) is 7.28. The second-order valence-corrected chi connectivity index (χ2v) is 3.25. The smallest absolute Gasteiger partial charge is 0.0444 e. The van der Waals surface area contributed by atoms with E-state index < -0.39 is 0 Å². The number of nitrogens with zero attached hydrogens (tertiary/aromatic N) is 1. The molecule has 0 fully saturated rings. The Labute approximate surface area is 62.8 Å². The lowest BCUT2D eigenvalue weighted by Gasteiger charge is -2.22. The molecule has 0 aromatic heterocycles. The molecule has 0 N–H and O–H groups in total. The zero-order valence-electron chi connectivity index (χ0n) is 6.85. The van der Waals surface area contributed by atoms with Crippen LogP contribution < -0.4 is 0 Å². The maximum absolute atomic E-state index is 2.44. The standard InChI is InChI=1S/C7H17NS/c1-5-8(6-9-4)7(2)3/h7H,5-6H2,1-4H3. The fourth-order valence-corrected chi connectivity index (χ4v) is 1.58. The molecule has 0 amide bonds. The van der Waals surface area contributed by atoms with Crippen molar-refractivity contribution in [2.45, 2.75) is 26.8 Å². The molecule has 0 saturated heterocycles. The first-order valence-corrected chi connectivity index (χ1v) is 4.84. The quantitative estimate of drug-likeness (QED) is 0.560. The highest BCUT2D eigenvalue weighted by molar-refractivity contribution is 7.98. The van der Waals surface area contributed by atoms with Crippen molar-refractivity contribution in [1.82, 2.24) is 4.90 Å². The van der Waals surface area contributed by atoms with Crippen LogP contribution in [0, 0.1) is 0 Å². The Morgan fingerprint density at radius 2 is 2.00 bits per heavy atom. The Morgan fingerprint density at radius 3 is 2.11 bits per heavy atom. The van der Waals surface area contributed by atoms with E-state index in [4.69, 9.17) is 0 Å². The number of hydrogen-bond donors (Lipinski definition) is 0. The summed E-state index contributed by atoms with van der Waals surface area (Å²) in [7, 11) is 0. The SMILES string of the molecule is CCN(CSC)C(C)C. The van der Waals surface area contributed by atoms with Gasteiger partial charge in [0.15, 0.2) is 0 Å². The van der Waals surface area contributed by atoms with E-state index >= 15 is 0 Å². The first-order valence-electron chi connectivity index (χ1n) is 3.45. The summed E-state index contributed by atoms with van der Waals surface area (Å²) in [6, 6.07) is 0.697. The first kappa shape index (κ1) is 9.31. The van der Waals surface area contributed by atoms with Gasteiger partial charge in [-0.2, -0.15) is 0 Å². The average molecular weight is 147 g/mol. The Morgan fingerprint density at radius 1 is 1.44 bits per heavy atom. The number of hydrogen-bond acceptors (Lipinski definition) is 2. The van der Waals surface area contributed by atoms with Gasteiger partial charge < -0.3 is 0 Å². The fourth-order valence-electron chi connectivity index (χ4n) is 0.771. The highest BCUT2D eigenvalue weighted by Crippen LogP contribution is 2.02. The molecule has 1 nitrogen and oxygen atoms in total. The molecule has 0 rings (SSSR count). The minimum absolute atomic E-state index is 0.697. The topological polar surface area (TPSA) is 3.24 Å². The first-order chi connectivity index (χ1) is 4.22. The largest absolute Gasteiger partial charge is 0.292 e. The summed E-state index contributed by atoms with van der Waals surface area (Å²) < 4.78 is 0. The van der Waals surface area contributed by atoms with Crippen molar-refractivity contribution < 1.29 is 0 Å². The molecule has 0 bridgehead atoms. The molecule has 9 heavy (non-hydrogen) atoms. The lowest BCUT2D eigenvalue weighted by Crippen LogP contribution is -2.29. The number of rotatable bonds is 4. The van der Waals surface area contributed by atoms with E-state index in [1.165, 1.54) is 6.54 Å². The molecular weight excluding hydrogens is 130 g/mol. The summed E-state index contributed by atoms with van der Waals surface area (Å²) in [6.45, 7) is 7.84. The third-order valence-electron chi connectivity index (χ3n) is 1.43. The molecular formula is C7H17NS. The predicted octanol–water partition coefficient (Wildman–Crippen LogP) is 2.04. The Kier molecular flexibility index (Phi) is 5.30. The molecule has 0 aromatic carbocycles. The van der Waals surface area contributed by atoms with Gasteiger partial charge in [0.25, 0.3) is 0 Å². The van der Waals surface area contributed by atoms with Crippen LogP contribution in [0.2, 0.25) is 0 Å². The van der Waals surface area contributed by atoms with Crippen molar-refractivity contribution >= 4 is 11.8 Å². The van der Waals surface area contributed by atoms with E-state index in [1.807, 2.05) is 11.8 Å². The molecule has 0 aliphatic heterocycles. The molecule has 0 heterocycles. The van der Waals surface area contributed by atoms with E-state index in [1.54, 1.807) is 0 Å². The van der Waals surface area contributed by atoms with Crippen molar-refractivity contribution in [2.75, 3.05) is 18.7 Å². The number of thioether (sulfide) groups is 1. The van der Waals surface area contributed by atoms with Gasteiger partial charge >= 0.3 is 0 Å². The zero-order valence-corrected chi connectivity index (χ0v) is 7.66. The van der Waals surface area contributed by atoms with Crippen LogP contribution in [0.25, 0.3) is 0 Å². The van der Waals surface area contributed by atoms with Crippen LogP contribution in [0.5, 0.6) is 0 Å². The second-order valence-electron chi connectivity index (χ2n) is 2.42. The molecule has 0 aromatic rings. The highest BCUT2D eigenvalue weighted by Gasteiger charge is 2.03. The molecule has 0 unspecified atom stereocenters. The van der Waals surface area contributed by atoms with Crippen LogP contribution in [0.3, 0.4) is 0 Å². The van der Waals surface area contributed by atoms with Crippen molar-refractivity contribution in [3.63, 3.8) is 0 Å². The van der Waals surface area contributed by atoms with Crippen molar-refractivity contribution in [3.8, 4) is 0 Å². The van der Waals surface area contributed by atoms with Crippen LogP contribution in [0.1, 0.15) is 20.8 Å². The van der Waals surface area contributed by atoms with Gasteiger partial charge in [-0.1, -0.05) is 6.92 Å². The van der Waals surface area contributed by atoms with E-state index in [2.05, 4.69) is 31.9 Å². The van der Waals surface area contributed by atoms with Crippen LogP contribution >= 0.6 is 11.8 Å². The molecule has 0 aliphatic rings. The fraction of sp³-hybridized carbons (Fsp3) is 1.00. The highest BCUT2D eigenvalue weighted by atomic mass is 32.2. The van der Waals surface area contributed by atoms with Gasteiger partial charge in [0.1, 0.15) is 0 Å². The van der Waals surface area contributed by atoms with Crippen LogP contribution in [0.4, 0.5) is 0 Å².